The molecule has 20 heavy (non-hydrogen) atoms. The van der Waals surface area contributed by atoms with Crippen LogP contribution in [0.2, 0.25) is 0 Å². The van der Waals surface area contributed by atoms with Gasteiger partial charge in [-0.25, -0.2) is 0 Å². The second-order valence-electron chi connectivity index (χ2n) is 6.91. The van der Waals surface area contributed by atoms with E-state index in [1.54, 1.807) is 0 Å². The van der Waals surface area contributed by atoms with Crippen LogP contribution in [0.25, 0.3) is 0 Å². The van der Waals surface area contributed by atoms with Crippen molar-refractivity contribution in [3.05, 3.63) is 18.4 Å². The Bertz CT molecular complexity index is 358. The van der Waals surface area contributed by atoms with Crippen LogP contribution in [-0.2, 0) is 4.74 Å². The van der Waals surface area contributed by atoms with Gasteiger partial charge in [0, 0.05) is 0 Å². The lowest BCUT2D eigenvalue weighted by Gasteiger charge is -2.40. The molecule has 1 rings (SSSR count). The van der Waals surface area contributed by atoms with E-state index >= 15 is 0 Å². The van der Waals surface area contributed by atoms with Crippen LogP contribution in [0.15, 0.2) is 18.4 Å². The van der Waals surface area contributed by atoms with Crippen molar-refractivity contribution in [1.82, 2.24) is 10.2 Å². The zero-order chi connectivity index (χ0) is 15.5. The van der Waals surface area contributed by atoms with Crippen molar-refractivity contribution in [2.75, 3.05) is 21.1 Å². The van der Waals surface area contributed by atoms with Crippen LogP contribution in [0.3, 0.4) is 0 Å². The molecule has 3 heteroatoms. The summed E-state index contributed by atoms with van der Waals surface area (Å²) in [6, 6.07) is 0.288. The van der Waals surface area contributed by atoms with Crippen LogP contribution in [-0.4, -0.2) is 49.8 Å². The Morgan fingerprint density at radius 1 is 1.35 bits per heavy atom. The standard InChI is InChI=1S/C17H32N2O/c1-9-10-17(18-6)15(19(7)8)14(11-12(2)3)20-16(17)13(4)5/h10,12-16,18H,1,11H2,2-8H3/t14-,15-,16+,17-/m1/s1. The van der Waals surface area contributed by atoms with Crippen molar-refractivity contribution < 1.29 is 4.74 Å². The van der Waals surface area contributed by atoms with Crippen molar-refractivity contribution in [2.45, 2.75) is 57.9 Å². The number of nitrogens with one attached hydrogen (secondary N) is 1. The summed E-state index contributed by atoms with van der Waals surface area (Å²) in [5, 5.41) is 3.52. The fourth-order valence-electron chi connectivity index (χ4n) is 3.67. The maximum atomic E-state index is 6.46. The molecular weight excluding hydrogens is 248 g/mol. The molecule has 0 amide bonds. The first-order valence-corrected chi connectivity index (χ1v) is 7.67. The van der Waals surface area contributed by atoms with E-state index in [4.69, 9.17) is 4.74 Å². The number of rotatable bonds is 6. The zero-order valence-electron chi connectivity index (χ0n) is 14.2. The molecule has 0 saturated carbocycles. The number of nitrogens with zero attached hydrogens (tertiary/aromatic N) is 1. The minimum absolute atomic E-state index is 0.137. The molecule has 1 N–H and O–H groups in total. The van der Waals surface area contributed by atoms with Gasteiger partial charge in [0.25, 0.3) is 0 Å². The van der Waals surface area contributed by atoms with Crippen LogP contribution in [0.5, 0.6) is 0 Å². The first kappa shape index (κ1) is 17.5. The molecule has 1 fully saturated rings. The summed E-state index contributed by atoms with van der Waals surface area (Å²) in [7, 11) is 6.28. The monoisotopic (exact) mass is 280 g/mol. The van der Waals surface area contributed by atoms with Crippen molar-refractivity contribution in [3.8, 4) is 0 Å². The number of ether oxygens (including phenoxy) is 1. The summed E-state index contributed by atoms with van der Waals surface area (Å²) in [5.41, 5.74) is 2.78. The third kappa shape index (κ3) is 3.17. The average molecular weight is 280 g/mol. The molecule has 3 nitrogen and oxygen atoms in total. The molecule has 0 unspecified atom stereocenters. The van der Waals surface area contributed by atoms with Crippen LogP contribution in [0, 0.1) is 11.8 Å². The normalized spacial score (nSPS) is 34.0. The maximum absolute atomic E-state index is 6.46. The Hall–Kier alpha value is -0.600. The molecule has 1 aliphatic heterocycles. The maximum Gasteiger partial charge on any atom is 0.0887 e. The molecule has 1 heterocycles. The van der Waals surface area contributed by atoms with Crippen molar-refractivity contribution >= 4 is 0 Å². The average Bonchev–Trinajstić information content (AvgIpc) is 2.63. The first-order valence-electron chi connectivity index (χ1n) is 7.67. The lowest BCUT2D eigenvalue weighted by atomic mass is 9.78. The van der Waals surface area contributed by atoms with Gasteiger partial charge in [-0.2, -0.15) is 0 Å². The number of hydrogen-bond acceptors (Lipinski definition) is 3. The molecule has 0 radical (unpaired) electrons. The van der Waals surface area contributed by atoms with Gasteiger partial charge in [0.2, 0.25) is 0 Å². The predicted molar refractivity (Wildman–Crippen MR) is 85.9 cm³/mol. The largest absolute Gasteiger partial charge is 0.371 e. The summed E-state index contributed by atoms with van der Waals surface area (Å²) in [5.74, 6) is 1.06. The van der Waals surface area contributed by atoms with Crippen molar-refractivity contribution in [1.29, 1.82) is 0 Å². The first-order chi connectivity index (χ1) is 9.30. The van der Waals surface area contributed by atoms with Gasteiger partial charge in [0.05, 0.1) is 23.8 Å². The van der Waals surface area contributed by atoms with E-state index in [1.165, 1.54) is 0 Å². The van der Waals surface area contributed by atoms with E-state index in [9.17, 15) is 0 Å². The second kappa shape index (κ2) is 6.91. The van der Waals surface area contributed by atoms with E-state index in [2.05, 4.69) is 70.4 Å². The topological polar surface area (TPSA) is 24.5 Å². The Labute approximate surface area is 125 Å². The summed E-state index contributed by atoms with van der Waals surface area (Å²) >= 11 is 0. The third-order valence-corrected chi connectivity index (χ3v) is 4.27. The Morgan fingerprint density at radius 3 is 2.30 bits per heavy atom. The highest BCUT2D eigenvalue weighted by molar-refractivity contribution is 5.22. The molecule has 0 aromatic heterocycles. The quantitative estimate of drug-likeness (QED) is 0.757. The molecular formula is C17H32N2O. The summed E-state index contributed by atoms with van der Waals surface area (Å²) in [6.45, 7) is 12.7. The van der Waals surface area contributed by atoms with Gasteiger partial charge in [0.1, 0.15) is 0 Å². The zero-order valence-corrected chi connectivity index (χ0v) is 14.2. The molecule has 4 atom stereocenters. The fraction of sp³-hybridized carbons (Fsp3) is 0.824. The van der Waals surface area contributed by atoms with Crippen LogP contribution >= 0.6 is 0 Å². The Kier molecular flexibility index (Phi) is 6.03. The van der Waals surface area contributed by atoms with E-state index in [1.807, 2.05) is 7.05 Å². The smallest absolute Gasteiger partial charge is 0.0887 e. The molecule has 0 spiro atoms. The van der Waals surface area contributed by atoms with Crippen LogP contribution in [0.4, 0.5) is 0 Å². The van der Waals surface area contributed by atoms with E-state index in [0.29, 0.717) is 11.8 Å². The predicted octanol–water partition coefficient (Wildman–Crippen LogP) is 2.69. The third-order valence-electron chi connectivity index (χ3n) is 4.27. The molecule has 0 aliphatic carbocycles. The van der Waals surface area contributed by atoms with Gasteiger partial charge in [0.15, 0.2) is 0 Å². The molecule has 0 aromatic rings. The molecule has 0 aromatic carbocycles. The van der Waals surface area contributed by atoms with Gasteiger partial charge in [-0.1, -0.05) is 34.3 Å². The lowest BCUT2D eigenvalue weighted by molar-refractivity contribution is -0.00917. The van der Waals surface area contributed by atoms with Crippen molar-refractivity contribution in [3.63, 3.8) is 0 Å². The fourth-order valence-corrected chi connectivity index (χ4v) is 3.67. The van der Waals surface area contributed by atoms with Gasteiger partial charge in [-0.05, 0) is 45.5 Å². The van der Waals surface area contributed by atoms with Crippen molar-refractivity contribution in [2.24, 2.45) is 11.8 Å². The highest BCUT2D eigenvalue weighted by Gasteiger charge is 2.56. The van der Waals surface area contributed by atoms with Crippen LogP contribution in [0.1, 0.15) is 34.1 Å². The van der Waals surface area contributed by atoms with Gasteiger partial charge in [-0.15, -0.1) is 5.73 Å². The summed E-state index contributed by atoms with van der Waals surface area (Å²) in [4.78, 5) is 2.28. The van der Waals surface area contributed by atoms with Gasteiger partial charge >= 0.3 is 0 Å². The summed E-state index contributed by atoms with van der Waals surface area (Å²) < 4.78 is 6.46. The SMILES string of the molecule is C=C=C[C@]1(NC)[C@H](C(C)C)O[C@H](CC(C)C)[C@H]1N(C)C. The summed E-state index contributed by atoms with van der Waals surface area (Å²) in [6.07, 6.45) is 3.51. The molecule has 1 saturated heterocycles. The minimum Gasteiger partial charge on any atom is -0.371 e. The highest BCUT2D eigenvalue weighted by atomic mass is 16.5. The van der Waals surface area contributed by atoms with E-state index < -0.39 is 0 Å². The van der Waals surface area contributed by atoms with E-state index in [-0.39, 0.29) is 23.8 Å². The van der Waals surface area contributed by atoms with Gasteiger partial charge in [-0.3, -0.25) is 0 Å². The molecule has 1 aliphatic rings. The van der Waals surface area contributed by atoms with Crippen LogP contribution < -0.4 is 5.32 Å². The van der Waals surface area contributed by atoms with E-state index in [0.717, 1.165) is 6.42 Å². The minimum atomic E-state index is -0.223. The molecule has 0 bridgehead atoms. The lowest BCUT2D eigenvalue weighted by Crippen LogP contribution is -2.62. The van der Waals surface area contributed by atoms with Gasteiger partial charge < -0.3 is 15.0 Å². The highest BCUT2D eigenvalue weighted by Crippen LogP contribution is 2.40. The Balaban J connectivity index is 3.26. The second-order valence-corrected chi connectivity index (χ2v) is 6.91. The molecule has 116 valence electrons. The number of likely N-dealkylation sites (N-methyl/N-ethyl adjacent to an activating group) is 2. The Morgan fingerprint density at radius 2 is 1.95 bits per heavy atom. The number of hydrogen-bond donors (Lipinski definition) is 1.